The standard InChI is InChI=1S/C14H15BrFNO/c15-11-6-5-8(16)7-12(11)17-14(18)13-9-3-1-2-4-10(9)13/h5-7,9-10,13H,1-4H2,(H,17,18). The Morgan fingerprint density at radius 3 is 2.61 bits per heavy atom. The molecule has 2 atom stereocenters. The molecule has 0 aliphatic heterocycles. The lowest BCUT2D eigenvalue weighted by Gasteiger charge is -2.07. The molecule has 1 aromatic carbocycles. The van der Waals surface area contributed by atoms with Crippen LogP contribution in [-0.4, -0.2) is 5.91 Å². The van der Waals surface area contributed by atoms with Crippen LogP contribution in [0.5, 0.6) is 0 Å². The SMILES string of the molecule is O=C(Nc1cc(F)ccc1Br)C1C2CCCCC21. The molecule has 2 fully saturated rings. The van der Waals surface area contributed by atoms with Crippen LogP contribution in [-0.2, 0) is 4.79 Å². The Hall–Kier alpha value is -0.900. The van der Waals surface area contributed by atoms with Gasteiger partial charge in [-0.15, -0.1) is 0 Å². The van der Waals surface area contributed by atoms with E-state index in [1.165, 1.54) is 37.8 Å². The number of nitrogens with one attached hydrogen (secondary N) is 1. The van der Waals surface area contributed by atoms with E-state index in [0.29, 0.717) is 17.5 Å². The maximum absolute atomic E-state index is 13.1. The summed E-state index contributed by atoms with van der Waals surface area (Å²) in [6.45, 7) is 0. The Labute approximate surface area is 114 Å². The van der Waals surface area contributed by atoms with E-state index < -0.39 is 0 Å². The van der Waals surface area contributed by atoms with Gasteiger partial charge in [0.05, 0.1) is 5.69 Å². The van der Waals surface area contributed by atoms with Crippen molar-refractivity contribution in [3.63, 3.8) is 0 Å². The molecule has 2 unspecified atom stereocenters. The summed E-state index contributed by atoms with van der Waals surface area (Å²) in [6, 6.07) is 4.34. The summed E-state index contributed by atoms with van der Waals surface area (Å²) in [7, 11) is 0. The first kappa shape index (κ1) is 12.2. The molecule has 3 rings (SSSR count). The van der Waals surface area contributed by atoms with Gasteiger partial charge in [-0.1, -0.05) is 12.8 Å². The summed E-state index contributed by atoms with van der Waals surface area (Å²) in [5.41, 5.74) is 0.531. The fourth-order valence-corrected chi connectivity index (χ4v) is 3.54. The number of benzene rings is 1. The first-order valence-corrected chi connectivity index (χ1v) is 7.22. The Balaban J connectivity index is 1.69. The monoisotopic (exact) mass is 311 g/mol. The highest BCUT2D eigenvalue weighted by molar-refractivity contribution is 9.10. The smallest absolute Gasteiger partial charge is 0.228 e. The van der Waals surface area contributed by atoms with Gasteiger partial charge in [0.1, 0.15) is 5.82 Å². The third-order valence-corrected chi connectivity index (χ3v) is 4.84. The molecule has 0 saturated heterocycles. The van der Waals surface area contributed by atoms with Gasteiger partial charge in [0.2, 0.25) is 5.91 Å². The zero-order valence-corrected chi connectivity index (χ0v) is 11.5. The second kappa shape index (κ2) is 4.65. The number of anilines is 1. The molecule has 4 heteroatoms. The number of hydrogen-bond donors (Lipinski definition) is 1. The zero-order chi connectivity index (χ0) is 12.7. The Bertz CT molecular complexity index is 479. The van der Waals surface area contributed by atoms with Crippen molar-refractivity contribution in [2.45, 2.75) is 25.7 Å². The maximum Gasteiger partial charge on any atom is 0.228 e. The van der Waals surface area contributed by atoms with Crippen molar-refractivity contribution in [3.05, 3.63) is 28.5 Å². The molecule has 96 valence electrons. The van der Waals surface area contributed by atoms with Crippen molar-refractivity contribution < 1.29 is 9.18 Å². The maximum atomic E-state index is 13.1. The molecular formula is C14H15BrFNO. The number of carbonyl (C=O) groups is 1. The molecule has 0 spiro atoms. The number of halogens is 2. The predicted octanol–water partition coefficient (Wildman–Crippen LogP) is 3.96. The zero-order valence-electron chi connectivity index (χ0n) is 9.96. The van der Waals surface area contributed by atoms with Gasteiger partial charge in [-0.25, -0.2) is 4.39 Å². The van der Waals surface area contributed by atoms with E-state index in [4.69, 9.17) is 0 Å². The van der Waals surface area contributed by atoms with Gasteiger partial charge in [0.25, 0.3) is 0 Å². The molecule has 1 amide bonds. The Kier molecular flexibility index (Phi) is 3.14. The molecule has 1 N–H and O–H groups in total. The van der Waals surface area contributed by atoms with E-state index >= 15 is 0 Å². The van der Waals surface area contributed by atoms with Crippen molar-refractivity contribution in [3.8, 4) is 0 Å². The van der Waals surface area contributed by atoms with E-state index in [0.717, 1.165) is 4.47 Å². The Morgan fingerprint density at radius 1 is 1.28 bits per heavy atom. The topological polar surface area (TPSA) is 29.1 Å². The van der Waals surface area contributed by atoms with E-state index in [9.17, 15) is 9.18 Å². The minimum Gasteiger partial charge on any atom is -0.325 e. The fraction of sp³-hybridized carbons (Fsp3) is 0.500. The fourth-order valence-electron chi connectivity index (χ4n) is 3.19. The van der Waals surface area contributed by atoms with Crippen LogP contribution in [0.1, 0.15) is 25.7 Å². The summed E-state index contributed by atoms with van der Waals surface area (Å²) < 4.78 is 13.9. The van der Waals surface area contributed by atoms with Crippen LogP contribution in [0.3, 0.4) is 0 Å². The number of amides is 1. The minimum absolute atomic E-state index is 0.0539. The molecule has 0 heterocycles. The predicted molar refractivity (Wildman–Crippen MR) is 71.7 cm³/mol. The summed E-state index contributed by atoms with van der Waals surface area (Å²) in [4.78, 5) is 12.2. The lowest BCUT2D eigenvalue weighted by molar-refractivity contribution is -0.117. The first-order valence-electron chi connectivity index (χ1n) is 6.43. The highest BCUT2D eigenvalue weighted by Crippen LogP contribution is 2.55. The van der Waals surface area contributed by atoms with Gasteiger partial charge in [0, 0.05) is 10.4 Å². The van der Waals surface area contributed by atoms with Gasteiger partial charge in [-0.05, 0) is 58.8 Å². The molecule has 2 saturated carbocycles. The van der Waals surface area contributed by atoms with Crippen molar-refractivity contribution >= 4 is 27.5 Å². The molecule has 2 nitrogen and oxygen atoms in total. The Morgan fingerprint density at radius 2 is 1.94 bits per heavy atom. The van der Waals surface area contributed by atoms with E-state index in [1.54, 1.807) is 6.07 Å². The second-order valence-corrected chi connectivity index (χ2v) is 6.11. The first-order chi connectivity index (χ1) is 8.66. The van der Waals surface area contributed by atoms with Gasteiger partial charge >= 0.3 is 0 Å². The van der Waals surface area contributed by atoms with E-state index in [1.807, 2.05) is 0 Å². The number of carbonyl (C=O) groups excluding carboxylic acids is 1. The van der Waals surface area contributed by atoms with Crippen LogP contribution in [0, 0.1) is 23.6 Å². The third-order valence-electron chi connectivity index (χ3n) is 4.15. The molecule has 0 bridgehead atoms. The number of rotatable bonds is 2. The average Bonchev–Trinajstić information content (AvgIpc) is 3.08. The molecule has 2 aliphatic carbocycles. The van der Waals surface area contributed by atoms with Crippen LogP contribution < -0.4 is 5.32 Å². The van der Waals surface area contributed by atoms with Crippen molar-refractivity contribution in [1.82, 2.24) is 0 Å². The average molecular weight is 312 g/mol. The van der Waals surface area contributed by atoms with Crippen molar-refractivity contribution in [1.29, 1.82) is 0 Å². The molecule has 1 aromatic rings. The summed E-state index contributed by atoms with van der Waals surface area (Å²) in [6.07, 6.45) is 4.84. The third kappa shape index (κ3) is 2.18. The molecule has 0 radical (unpaired) electrons. The quantitative estimate of drug-likeness (QED) is 0.880. The summed E-state index contributed by atoms with van der Waals surface area (Å²) >= 11 is 3.32. The van der Waals surface area contributed by atoms with Crippen LogP contribution in [0.15, 0.2) is 22.7 Å². The van der Waals surface area contributed by atoms with Gasteiger partial charge in [-0.3, -0.25) is 4.79 Å². The van der Waals surface area contributed by atoms with Gasteiger partial charge in [0.15, 0.2) is 0 Å². The van der Waals surface area contributed by atoms with Crippen LogP contribution in [0.25, 0.3) is 0 Å². The lowest BCUT2D eigenvalue weighted by Crippen LogP contribution is -2.16. The number of hydrogen-bond acceptors (Lipinski definition) is 1. The van der Waals surface area contributed by atoms with E-state index in [-0.39, 0.29) is 17.6 Å². The van der Waals surface area contributed by atoms with Gasteiger partial charge < -0.3 is 5.32 Å². The molecule has 2 aliphatic rings. The largest absolute Gasteiger partial charge is 0.325 e. The van der Waals surface area contributed by atoms with Crippen LogP contribution in [0.2, 0.25) is 0 Å². The summed E-state index contributed by atoms with van der Waals surface area (Å²) in [5.74, 6) is 1.03. The van der Waals surface area contributed by atoms with Gasteiger partial charge in [-0.2, -0.15) is 0 Å². The summed E-state index contributed by atoms with van der Waals surface area (Å²) in [5, 5.41) is 2.84. The molecule has 18 heavy (non-hydrogen) atoms. The van der Waals surface area contributed by atoms with Crippen LogP contribution in [0.4, 0.5) is 10.1 Å². The molecule has 0 aromatic heterocycles. The second-order valence-electron chi connectivity index (χ2n) is 5.25. The molecular weight excluding hydrogens is 297 g/mol. The normalized spacial score (nSPS) is 29.6. The van der Waals surface area contributed by atoms with Crippen molar-refractivity contribution in [2.75, 3.05) is 5.32 Å². The number of fused-ring (bicyclic) bond motifs is 1. The van der Waals surface area contributed by atoms with Crippen molar-refractivity contribution in [2.24, 2.45) is 17.8 Å². The minimum atomic E-state index is -0.332. The highest BCUT2D eigenvalue weighted by atomic mass is 79.9. The van der Waals surface area contributed by atoms with E-state index in [2.05, 4.69) is 21.2 Å². The highest BCUT2D eigenvalue weighted by Gasteiger charge is 2.54. The van der Waals surface area contributed by atoms with Crippen LogP contribution >= 0.6 is 15.9 Å². The lowest BCUT2D eigenvalue weighted by atomic mass is 10.0.